The molecule has 0 aromatic heterocycles. The molecule has 4 heteroatoms. The van der Waals surface area contributed by atoms with Crippen LogP contribution in [0, 0.1) is 11.3 Å². The highest BCUT2D eigenvalue weighted by Gasteiger charge is 2.04. The van der Waals surface area contributed by atoms with Crippen molar-refractivity contribution < 1.29 is 4.79 Å². The van der Waals surface area contributed by atoms with Gasteiger partial charge in [-0.2, -0.15) is 5.26 Å². The van der Waals surface area contributed by atoms with Crippen LogP contribution in [0.5, 0.6) is 0 Å². The smallest absolute Gasteiger partial charge is 0.240 e. The minimum atomic E-state index is -0.191. The van der Waals surface area contributed by atoms with Crippen molar-refractivity contribution in [1.29, 1.82) is 5.26 Å². The molecule has 2 N–H and O–H groups in total. The van der Waals surface area contributed by atoms with Gasteiger partial charge in [0.25, 0.3) is 0 Å². The van der Waals surface area contributed by atoms with Crippen LogP contribution in [0.1, 0.15) is 19.8 Å². The maximum atomic E-state index is 11.0. The molecule has 0 saturated heterocycles. The Morgan fingerprint density at radius 1 is 1.69 bits per heavy atom. The van der Waals surface area contributed by atoms with E-state index >= 15 is 0 Å². The molecule has 0 fully saturated rings. The Balaban J connectivity index is 4.34. The second-order valence-electron chi connectivity index (χ2n) is 2.72. The van der Waals surface area contributed by atoms with Gasteiger partial charge in [-0.05, 0) is 6.42 Å². The van der Waals surface area contributed by atoms with Gasteiger partial charge >= 0.3 is 0 Å². The Morgan fingerprint density at radius 3 is 2.69 bits per heavy atom. The van der Waals surface area contributed by atoms with Crippen molar-refractivity contribution in [1.82, 2.24) is 4.90 Å². The maximum Gasteiger partial charge on any atom is 0.240 e. The summed E-state index contributed by atoms with van der Waals surface area (Å²) in [4.78, 5) is 12.4. The quantitative estimate of drug-likeness (QED) is 0.646. The van der Waals surface area contributed by atoms with E-state index in [0.717, 1.165) is 6.42 Å². The van der Waals surface area contributed by atoms with Crippen molar-refractivity contribution in [3.8, 4) is 6.07 Å². The number of nitriles is 1. The molecule has 1 amide bonds. The summed E-state index contributed by atoms with van der Waals surface area (Å²) in [5.74, 6) is -0.191. The highest BCUT2D eigenvalue weighted by atomic mass is 16.2. The fourth-order valence-corrected chi connectivity index (χ4v) is 0.868. The Labute approximate surface area is 78.6 Å². The lowest BCUT2D eigenvalue weighted by Crippen LogP contribution is -2.28. The fourth-order valence-electron chi connectivity index (χ4n) is 0.868. The number of likely N-dealkylation sites (N-methyl/N-ethyl adjacent to an activating group) is 1. The molecule has 0 aliphatic carbocycles. The third kappa shape index (κ3) is 4.28. The van der Waals surface area contributed by atoms with Crippen LogP contribution in [0.15, 0.2) is 11.8 Å². The van der Waals surface area contributed by atoms with Crippen LogP contribution in [0.25, 0.3) is 0 Å². The molecule has 0 aromatic rings. The normalized spacial score (nSPS) is 10.8. The van der Waals surface area contributed by atoms with Gasteiger partial charge in [0.15, 0.2) is 0 Å². The summed E-state index contributed by atoms with van der Waals surface area (Å²) in [6, 6.07) is 2.04. The minimum absolute atomic E-state index is 0.0299. The fraction of sp³-hybridized carbons (Fsp3) is 0.556. The highest BCUT2D eigenvalue weighted by Crippen LogP contribution is 2.03. The van der Waals surface area contributed by atoms with Crippen LogP contribution in [-0.4, -0.2) is 24.4 Å². The van der Waals surface area contributed by atoms with E-state index in [2.05, 4.69) is 0 Å². The summed E-state index contributed by atoms with van der Waals surface area (Å²) in [5, 5.41) is 8.67. The maximum absolute atomic E-state index is 11.0. The predicted molar refractivity (Wildman–Crippen MR) is 50.4 cm³/mol. The molecule has 0 rings (SSSR count). The molecule has 0 saturated carbocycles. The zero-order chi connectivity index (χ0) is 10.3. The van der Waals surface area contributed by atoms with Gasteiger partial charge in [0.1, 0.15) is 0 Å². The Kier molecular flexibility index (Phi) is 5.57. The first kappa shape index (κ1) is 11.7. The van der Waals surface area contributed by atoms with Crippen molar-refractivity contribution in [3.63, 3.8) is 0 Å². The largest absolute Gasteiger partial charge is 0.322 e. The van der Waals surface area contributed by atoms with E-state index in [0.29, 0.717) is 12.0 Å². The number of hydrogen-bond donors (Lipinski definition) is 1. The van der Waals surface area contributed by atoms with E-state index in [9.17, 15) is 4.79 Å². The SMILES string of the molecule is CCCC(C#N)=CN(C)C(=O)CN. The zero-order valence-corrected chi connectivity index (χ0v) is 8.08. The summed E-state index contributed by atoms with van der Waals surface area (Å²) in [7, 11) is 1.60. The van der Waals surface area contributed by atoms with Gasteiger partial charge in [0, 0.05) is 18.8 Å². The van der Waals surface area contributed by atoms with Crippen LogP contribution in [0.2, 0.25) is 0 Å². The van der Waals surface area contributed by atoms with E-state index in [1.807, 2.05) is 13.0 Å². The summed E-state index contributed by atoms with van der Waals surface area (Å²) >= 11 is 0. The van der Waals surface area contributed by atoms with E-state index < -0.39 is 0 Å². The minimum Gasteiger partial charge on any atom is -0.322 e. The van der Waals surface area contributed by atoms with Crippen molar-refractivity contribution >= 4 is 5.91 Å². The number of allylic oxidation sites excluding steroid dienone is 1. The molecule has 0 aromatic carbocycles. The lowest BCUT2D eigenvalue weighted by molar-refractivity contribution is -0.126. The molecule has 4 nitrogen and oxygen atoms in total. The lowest BCUT2D eigenvalue weighted by Gasteiger charge is -2.10. The van der Waals surface area contributed by atoms with Crippen molar-refractivity contribution in [2.75, 3.05) is 13.6 Å². The standard InChI is InChI=1S/C9H15N3O/c1-3-4-8(5-10)7-12(2)9(13)6-11/h7H,3-4,6,11H2,1-2H3. The van der Waals surface area contributed by atoms with Gasteiger partial charge in [-0.3, -0.25) is 4.79 Å². The molecule has 13 heavy (non-hydrogen) atoms. The topological polar surface area (TPSA) is 70.1 Å². The first-order valence-electron chi connectivity index (χ1n) is 4.22. The van der Waals surface area contributed by atoms with Crippen molar-refractivity contribution in [3.05, 3.63) is 11.8 Å². The Hall–Kier alpha value is -1.34. The Morgan fingerprint density at radius 2 is 2.31 bits per heavy atom. The molecular weight excluding hydrogens is 166 g/mol. The number of nitrogens with two attached hydrogens (primary N) is 1. The van der Waals surface area contributed by atoms with Crippen LogP contribution >= 0.6 is 0 Å². The molecule has 0 aliphatic rings. The van der Waals surface area contributed by atoms with Gasteiger partial charge in [-0.1, -0.05) is 13.3 Å². The monoisotopic (exact) mass is 181 g/mol. The lowest BCUT2D eigenvalue weighted by atomic mass is 10.2. The molecule has 0 radical (unpaired) electrons. The number of nitrogens with zero attached hydrogens (tertiary/aromatic N) is 2. The Bertz CT molecular complexity index is 240. The molecular formula is C9H15N3O. The van der Waals surface area contributed by atoms with Gasteiger partial charge in [0.2, 0.25) is 5.91 Å². The number of rotatable bonds is 4. The van der Waals surface area contributed by atoms with Gasteiger partial charge in [0.05, 0.1) is 12.6 Å². The molecule has 0 heterocycles. The molecule has 0 spiro atoms. The molecule has 0 aliphatic heterocycles. The summed E-state index contributed by atoms with van der Waals surface area (Å²) in [6.07, 6.45) is 3.13. The number of hydrogen-bond acceptors (Lipinski definition) is 3. The zero-order valence-electron chi connectivity index (χ0n) is 8.08. The second-order valence-corrected chi connectivity index (χ2v) is 2.72. The van der Waals surface area contributed by atoms with E-state index in [4.69, 9.17) is 11.0 Å². The predicted octanol–water partition coefficient (Wildman–Crippen LogP) is 0.611. The average molecular weight is 181 g/mol. The molecule has 0 atom stereocenters. The third-order valence-corrected chi connectivity index (χ3v) is 1.58. The van der Waals surface area contributed by atoms with Crippen LogP contribution < -0.4 is 5.73 Å². The summed E-state index contributed by atoms with van der Waals surface area (Å²) < 4.78 is 0. The average Bonchev–Trinajstić information content (AvgIpc) is 2.15. The van der Waals surface area contributed by atoms with E-state index in [1.165, 1.54) is 4.90 Å². The van der Waals surface area contributed by atoms with Gasteiger partial charge in [-0.25, -0.2) is 0 Å². The third-order valence-electron chi connectivity index (χ3n) is 1.58. The van der Waals surface area contributed by atoms with Crippen LogP contribution in [-0.2, 0) is 4.79 Å². The summed E-state index contributed by atoms with van der Waals surface area (Å²) in [6.45, 7) is 1.95. The van der Waals surface area contributed by atoms with Crippen LogP contribution in [0.3, 0.4) is 0 Å². The first-order chi connectivity index (χ1) is 6.15. The van der Waals surface area contributed by atoms with Crippen molar-refractivity contribution in [2.24, 2.45) is 5.73 Å². The summed E-state index contributed by atoms with van der Waals surface area (Å²) in [5.41, 5.74) is 5.76. The number of amides is 1. The number of carbonyl (C=O) groups excluding carboxylic acids is 1. The first-order valence-corrected chi connectivity index (χ1v) is 4.22. The van der Waals surface area contributed by atoms with E-state index in [-0.39, 0.29) is 12.5 Å². The van der Waals surface area contributed by atoms with Gasteiger partial charge < -0.3 is 10.6 Å². The number of carbonyl (C=O) groups is 1. The molecule has 72 valence electrons. The van der Waals surface area contributed by atoms with Crippen LogP contribution in [0.4, 0.5) is 0 Å². The highest BCUT2D eigenvalue weighted by molar-refractivity contribution is 5.78. The molecule has 0 unspecified atom stereocenters. The molecule has 0 bridgehead atoms. The van der Waals surface area contributed by atoms with Crippen molar-refractivity contribution in [2.45, 2.75) is 19.8 Å². The van der Waals surface area contributed by atoms with Gasteiger partial charge in [-0.15, -0.1) is 0 Å². The van der Waals surface area contributed by atoms with E-state index in [1.54, 1.807) is 13.2 Å². The second kappa shape index (κ2) is 6.21.